The average molecular weight is 272 g/mol. The van der Waals surface area contributed by atoms with Gasteiger partial charge in [-0.3, -0.25) is 4.79 Å². The summed E-state index contributed by atoms with van der Waals surface area (Å²) < 4.78 is 0. The van der Waals surface area contributed by atoms with E-state index in [1.54, 1.807) is 6.08 Å². The summed E-state index contributed by atoms with van der Waals surface area (Å²) in [6.45, 7) is 6.12. The summed E-state index contributed by atoms with van der Waals surface area (Å²) in [5.74, 6) is -0.0625. The first-order chi connectivity index (χ1) is 9.65. The Morgan fingerprint density at radius 3 is 2.20 bits per heavy atom. The van der Waals surface area contributed by atoms with Crippen molar-refractivity contribution >= 4 is 17.3 Å². The van der Waals surface area contributed by atoms with Gasteiger partial charge in [0.15, 0.2) is 0 Å². The predicted molar refractivity (Wildman–Crippen MR) is 85.2 cm³/mol. The van der Waals surface area contributed by atoms with Gasteiger partial charge in [0.25, 0.3) is 0 Å². The molecule has 1 amide bonds. The second-order valence-corrected chi connectivity index (χ2v) is 5.66. The molecule has 1 aliphatic rings. The molecule has 0 unspecified atom stereocenters. The zero-order chi connectivity index (χ0) is 14.4. The number of amides is 1. The predicted octanol–water partition coefficient (Wildman–Crippen LogP) is 3.97. The third-order valence-electron chi connectivity index (χ3n) is 3.53. The molecule has 0 spiro atoms. The van der Waals surface area contributed by atoms with Crippen LogP contribution in [0.25, 0.3) is 0 Å². The lowest BCUT2D eigenvalue weighted by molar-refractivity contribution is -0.111. The molecule has 0 aromatic heterocycles. The Morgan fingerprint density at radius 2 is 1.65 bits per heavy atom. The molecule has 1 N–H and O–H groups in total. The summed E-state index contributed by atoms with van der Waals surface area (Å²) in [4.78, 5) is 14.1. The van der Waals surface area contributed by atoms with E-state index in [1.165, 1.54) is 31.4 Å². The molecule has 0 atom stereocenters. The highest BCUT2D eigenvalue weighted by Gasteiger charge is 2.09. The summed E-state index contributed by atoms with van der Waals surface area (Å²) in [7, 11) is 0. The fraction of sp³-hybridized carbons (Fsp3) is 0.471. The zero-order valence-corrected chi connectivity index (χ0v) is 12.5. The number of nitrogens with one attached hydrogen (secondary N) is 1. The first-order valence-corrected chi connectivity index (χ1v) is 7.46. The highest BCUT2D eigenvalue weighted by molar-refractivity contribution is 5.99. The molecule has 20 heavy (non-hydrogen) atoms. The molecule has 3 heteroatoms. The van der Waals surface area contributed by atoms with Crippen molar-refractivity contribution in [1.82, 2.24) is 0 Å². The summed E-state index contributed by atoms with van der Waals surface area (Å²) in [5.41, 5.74) is 3.11. The van der Waals surface area contributed by atoms with Crippen LogP contribution in [-0.2, 0) is 4.79 Å². The highest BCUT2D eigenvalue weighted by Crippen LogP contribution is 2.21. The fourth-order valence-electron chi connectivity index (χ4n) is 2.52. The number of carbonyl (C=O) groups is 1. The summed E-state index contributed by atoms with van der Waals surface area (Å²) in [6.07, 6.45) is 6.85. The van der Waals surface area contributed by atoms with E-state index in [0.29, 0.717) is 0 Å². The van der Waals surface area contributed by atoms with E-state index in [1.807, 2.05) is 26.0 Å². The molecular weight excluding hydrogens is 248 g/mol. The zero-order valence-electron chi connectivity index (χ0n) is 12.5. The van der Waals surface area contributed by atoms with Gasteiger partial charge in [-0.1, -0.05) is 18.4 Å². The largest absolute Gasteiger partial charge is 0.372 e. The minimum Gasteiger partial charge on any atom is -0.372 e. The number of nitrogens with zero attached hydrogens (tertiary/aromatic N) is 1. The first-order valence-electron chi connectivity index (χ1n) is 7.46. The van der Waals surface area contributed by atoms with Crippen LogP contribution in [0.2, 0.25) is 0 Å². The van der Waals surface area contributed by atoms with Crippen LogP contribution in [0.1, 0.15) is 39.5 Å². The van der Waals surface area contributed by atoms with E-state index in [9.17, 15) is 4.79 Å². The Kier molecular flexibility index (Phi) is 5.22. The van der Waals surface area contributed by atoms with Crippen molar-refractivity contribution in [1.29, 1.82) is 0 Å². The van der Waals surface area contributed by atoms with E-state index in [2.05, 4.69) is 22.3 Å². The van der Waals surface area contributed by atoms with Gasteiger partial charge in [0.1, 0.15) is 0 Å². The Bertz CT molecular complexity index is 464. The van der Waals surface area contributed by atoms with Gasteiger partial charge in [-0.15, -0.1) is 0 Å². The highest BCUT2D eigenvalue weighted by atomic mass is 16.1. The van der Waals surface area contributed by atoms with Crippen molar-refractivity contribution in [3.63, 3.8) is 0 Å². The van der Waals surface area contributed by atoms with Crippen LogP contribution in [-0.4, -0.2) is 19.0 Å². The van der Waals surface area contributed by atoms with E-state index in [4.69, 9.17) is 0 Å². The number of hydrogen-bond donors (Lipinski definition) is 1. The van der Waals surface area contributed by atoms with Gasteiger partial charge in [-0.05, 0) is 51.0 Å². The molecule has 1 saturated heterocycles. The van der Waals surface area contributed by atoms with Crippen molar-refractivity contribution in [3.8, 4) is 0 Å². The van der Waals surface area contributed by atoms with Crippen molar-refractivity contribution in [2.75, 3.05) is 23.3 Å². The molecule has 1 aromatic rings. The van der Waals surface area contributed by atoms with Gasteiger partial charge < -0.3 is 10.2 Å². The van der Waals surface area contributed by atoms with Crippen molar-refractivity contribution < 1.29 is 4.79 Å². The Balaban J connectivity index is 1.98. The molecule has 108 valence electrons. The van der Waals surface area contributed by atoms with Gasteiger partial charge in [0.2, 0.25) is 5.91 Å². The quantitative estimate of drug-likeness (QED) is 0.844. The second kappa shape index (κ2) is 7.13. The smallest absolute Gasteiger partial charge is 0.248 e. The molecular formula is C17H24N2O. The van der Waals surface area contributed by atoms with Crippen LogP contribution in [0.4, 0.5) is 11.4 Å². The van der Waals surface area contributed by atoms with Gasteiger partial charge in [0.05, 0.1) is 0 Å². The molecule has 0 aliphatic carbocycles. The maximum atomic E-state index is 11.7. The van der Waals surface area contributed by atoms with Crippen molar-refractivity contribution in [2.24, 2.45) is 0 Å². The van der Waals surface area contributed by atoms with Crippen LogP contribution < -0.4 is 10.2 Å². The lowest BCUT2D eigenvalue weighted by atomic mass is 10.2. The molecule has 1 aliphatic heterocycles. The van der Waals surface area contributed by atoms with E-state index in [-0.39, 0.29) is 5.91 Å². The van der Waals surface area contributed by atoms with Crippen LogP contribution in [0, 0.1) is 0 Å². The van der Waals surface area contributed by atoms with E-state index >= 15 is 0 Å². The van der Waals surface area contributed by atoms with Gasteiger partial charge >= 0.3 is 0 Å². The van der Waals surface area contributed by atoms with Crippen LogP contribution in [0.5, 0.6) is 0 Å². The van der Waals surface area contributed by atoms with E-state index < -0.39 is 0 Å². The number of anilines is 2. The number of carbonyl (C=O) groups excluding carboxylic acids is 1. The van der Waals surface area contributed by atoms with Crippen LogP contribution in [0.3, 0.4) is 0 Å². The third-order valence-corrected chi connectivity index (χ3v) is 3.53. The maximum absolute atomic E-state index is 11.7. The minimum atomic E-state index is -0.0625. The van der Waals surface area contributed by atoms with Crippen LogP contribution in [0.15, 0.2) is 35.9 Å². The molecule has 0 bridgehead atoms. The normalized spacial score (nSPS) is 15.4. The molecule has 0 saturated carbocycles. The van der Waals surface area contributed by atoms with Crippen LogP contribution >= 0.6 is 0 Å². The summed E-state index contributed by atoms with van der Waals surface area (Å²) >= 11 is 0. The maximum Gasteiger partial charge on any atom is 0.248 e. The standard InChI is InChI=1S/C17H24N2O/c1-14(2)13-17(20)18-15-7-9-16(10-8-15)19-11-5-3-4-6-12-19/h7-10,13H,3-6,11-12H2,1-2H3,(H,18,20). The second-order valence-electron chi connectivity index (χ2n) is 5.66. The molecule has 3 nitrogen and oxygen atoms in total. The molecule has 1 fully saturated rings. The monoisotopic (exact) mass is 272 g/mol. The summed E-state index contributed by atoms with van der Waals surface area (Å²) in [5, 5.41) is 2.88. The van der Waals surface area contributed by atoms with Crippen molar-refractivity contribution in [2.45, 2.75) is 39.5 Å². The lowest BCUT2D eigenvalue weighted by Gasteiger charge is -2.22. The molecule has 0 radical (unpaired) electrons. The van der Waals surface area contributed by atoms with Crippen molar-refractivity contribution in [3.05, 3.63) is 35.9 Å². The average Bonchev–Trinajstić information content (AvgIpc) is 2.67. The number of hydrogen-bond acceptors (Lipinski definition) is 2. The van der Waals surface area contributed by atoms with Gasteiger partial charge in [0, 0.05) is 30.5 Å². The lowest BCUT2D eigenvalue weighted by Crippen LogP contribution is -2.23. The molecule has 2 rings (SSSR count). The molecule has 1 heterocycles. The Morgan fingerprint density at radius 1 is 1.05 bits per heavy atom. The number of allylic oxidation sites excluding steroid dienone is 1. The minimum absolute atomic E-state index is 0.0625. The molecule has 1 aromatic carbocycles. The first kappa shape index (κ1) is 14.6. The number of benzene rings is 1. The Labute approximate surface area is 121 Å². The number of rotatable bonds is 3. The Hall–Kier alpha value is -1.77. The third kappa shape index (κ3) is 4.41. The van der Waals surface area contributed by atoms with Gasteiger partial charge in [-0.2, -0.15) is 0 Å². The summed E-state index contributed by atoms with van der Waals surface area (Å²) in [6, 6.07) is 8.17. The topological polar surface area (TPSA) is 32.3 Å². The van der Waals surface area contributed by atoms with E-state index in [0.717, 1.165) is 24.4 Å². The van der Waals surface area contributed by atoms with Gasteiger partial charge in [-0.25, -0.2) is 0 Å². The SMILES string of the molecule is CC(C)=CC(=O)Nc1ccc(N2CCCCCC2)cc1. The fourth-order valence-corrected chi connectivity index (χ4v) is 2.52.